The molecule has 0 saturated carbocycles. The van der Waals surface area contributed by atoms with E-state index in [2.05, 4.69) is 9.88 Å². The van der Waals surface area contributed by atoms with Gasteiger partial charge in [-0.05, 0) is 55.5 Å². The van der Waals surface area contributed by atoms with Gasteiger partial charge in [0.05, 0.1) is 11.9 Å². The molecule has 1 aliphatic carbocycles. The van der Waals surface area contributed by atoms with Crippen molar-refractivity contribution in [3.63, 3.8) is 0 Å². The van der Waals surface area contributed by atoms with E-state index in [1.807, 2.05) is 0 Å². The summed E-state index contributed by atoms with van der Waals surface area (Å²) >= 11 is 1.66. The number of rotatable bonds is 5. The van der Waals surface area contributed by atoms with Crippen molar-refractivity contribution in [2.24, 2.45) is 0 Å². The van der Waals surface area contributed by atoms with E-state index in [1.165, 1.54) is 41.1 Å². The summed E-state index contributed by atoms with van der Waals surface area (Å²) in [5.74, 6) is 0.721. The third-order valence-electron chi connectivity index (χ3n) is 6.15. The number of nitrogens with one attached hydrogen (secondary N) is 1. The van der Waals surface area contributed by atoms with Crippen molar-refractivity contribution in [2.45, 2.75) is 32.2 Å². The number of halogens is 1. The van der Waals surface area contributed by atoms with Crippen molar-refractivity contribution in [3.8, 4) is 5.75 Å². The van der Waals surface area contributed by atoms with E-state index in [4.69, 9.17) is 9.72 Å². The molecule has 9 heteroatoms. The third kappa shape index (κ3) is 4.40. The van der Waals surface area contributed by atoms with E-state index in [0.717, 1.165) is 29.5 Å². The molecule has 0 spiro atoms. The minimum atomic E-state index is -0.339. The summed E-state index contributed by atoms with van der Waals surface area (Å²) in [6.45, 7) is 3.06. The molecule has 0 bridgehead atoms. The van der Waals surface area contributed by atoms with Gasteiger partial charge in [0, 0.05) is 31.1 Å². The van der Waals surface area contributed by atoms with Crippen LogP contribution in [0.25, 0.3) is 10.2 Å². The molecule has 0 atom stereocenters. The maximum absolute atomic E-state index is 13.0. The molecule has 168 valence electrons. The molecule has 1 amide bonds. The molecular weight excluding hydrogens is 431 g/mol. The number of aromatic amines is 1. The predicted molar refractivity (Wildman–Crippen MR) is 121 cm³/mol. The maximum atomic E-state index is 13.0. The number of thiophene rings is 1. The normalized spacial score (nSPS) is 16.8. The summed E-state index contributed by atoms with van der Waals surface area (Å²) in [6, 6.07) is 5.63. The molecule has 1 fully saturated rings. The van der Waals surface area contributed by atoms with Gasteiger partial charge in [-0.1, -0.05) is 0 Å². The molecule has 7 nitrogen and oxygen atoms in total. The lowest BCUT2D eigenvalue weighted by Crippen LogP contribution is -2.49. The highest BCUT2D eigenvalue weighted by molar-refractivity contribution is 7.18. The van der Waals surface area contributed by atoms with Gasteiger partial charge in [-0.3, -0.25) is 14.5 Å². The van der Waals surface area contributed by atoms with Crippen LogP contribution in [0.2, 0.25) is 0 Å². The van der Waals surface area contributed by atoms with Gasteiger partial charge in [-0.15, -0.1) is 11.3 Å². The van der Waals surface area contributed by atoms with Crippen molar-refractivity contribution in [1.82, 2.24) is 19.8 Å². The monoisotopic (exact) mass is 456 g/mol. The number of piperazine rings is 1. The number of benzene rings is 1. The van der Waals surface area contributed by atoms with Crippen molar-refractivity contribution in [1.29, 1.82) is 0 Å². The van der Waals surface area contributed by atoms with E-state index in [1.54, 1.807) is 16.2 Å². The predicted octanol–water partition coefficient (Wildman–Crippen LogP) is 2.73. The highest BCUT2D eigenvalue weighted by Gasteiger charge is 2.23. The van der Waals surface area contributed by atoms with Gasteiger partial charge in [-0.25, -0.2) is 9.37 Å². The highest BCUT2D eigenvalue weighted by Crippen LogP contribution is 2.33. The minimum absolute atomic E-state index is 0.0313. The smallest absolute Gasteiger partial charge is 0.260 e. The lowest BCUT2D eigenvalue weighted by molar-refractivity contribution is -0.135. The van der Waals surface area contributed by atoms with Crippen molar-refractivity contribution < 1.29 is 13.9 Å². The van der Waals surface area contributed by atoms with Gasteiger partial charge in [-0.2, -0.15) is 0 Å². The molecule has 3 aromatic rings. The Morgan fingerprint density at radius 3 is 2.66 bits per heavy atom. The highest BCUT2D eigenvalue weighted by atomic mass is 32.1. The van der Waals surface area contributed by atoms with Gasteiger partial charge >= 0.3 is 0 Å². The fraction of sp³-hybridized carbons (Fsp3) is 0.435. The zero-order valence-electron chi connectivity index (χ0n) is 17.7. The van der Waals surface area contributed by atoms with E-state index in [9.17, 15) is 14.0 Å². The quantitative estimate of drug-likeness (QED) is 0.639. The number of carbonyl (C=O) groups is 1. The van der Waals surface area contributed by atoms with Crippen LogP contribution in [0, 0.1) is 5.82 Å². The fourth-order valence-corrected chi connectivity index (χ4v) is 5.70. The number of aromatic nitrogens is 2. The number of H-pyrrole nitrogens is 1. The molecule has 2 aliphatic rings. The summed E-state index contributed by atoms with van der Waals surface area (Å²) in [6.07, 6.45) is 4.34. The lowest BCUT2D eigenvalue weighted by atomic mass is 9.97. The van der Waals surface area contributed by atoms with Crippen LogP contribution >= 0.6 is 11.3 Å². The van der Waals surface area contributed by atoms with E-state index in [0.29, 0.717) is 44.3 Å². The second-order valence-corrected chi connectivity index (χ2v) is 9.39. The Morgan fingerprint density at radius 2 is 1.88 bits per heavy atom. The molecule has 1 aliphatic heterocycles. The lowest BCUT2D eigenvalue weighted by Gasteiger charge is -2.34. The van der Waals surface area contributed by atoms with Crippen molar-refractivity contribution >= 4 is 27.5 Å². The van der Waals surface area contributed by atoms with Crippen LogP contribution in [-0.4, -0.2) is 58.5 Å². The first-order valence-electron chi connectivity index (χ1n) is 11.0. The van der Waals surface area contributed by atoms with Crippen molar-refractivity contribution in [2.75, 3.05) is 32.8 Å². The zero-order chi connectivity index (χ0) is 22.1. The van der Waals surface area contributed by atoms with Crippen molar-refractivity contribution in [3.05, 3.63) is 56.7 Å². The number of hydrogen-bond donors (Lipinski definition) is 1. The molecule has 32 heavy (non-hydrogen) atoms. The number of nitrogens with zero attached hydrogens (tertiary/aromatic N) is 3. The van der Waals surface area contributed by atoms with Crippen LogP contribution in [0.5, 0.6) is 5.75 Å². The third-order valence-corrected chi connectivity index (χ3v) is 7.33. The first-order valence-corrected chi connectivity index (χ1v) is 11.8. The summed E-state index contributed by atoms with van der Waals surface area (Å²) < 4.78 is 18.4. The number of ether oxygens (including phenoxy) is 1. The second kappa shape index (κ2) is 8.99. The van der Waals surface area contributed by atoms with E-state index in [-0.39, 0.29) is 23.9 Å². The van der Waals surface area contributed by atoms with E-state index >= 15 is 0 Å². The Hall–Kier alpha value is -2.78. The van der Waals surface area contributed by atoms with Crippen LogP contribution in [0.4, 0.5) is 4.39 Å². The summed E-state index contributed by atoms with van der Waals surface area (Å²) in [5.41, 5.74) is 1.17. The first-order chi connectivity index (χ1) is 15.6. The average molecular weight is 457 g/mol. The number of amides is 1. The van der Waals surface area contributed by atoms with Crippen LogP contribution in [0.3, 0.4) is 0 Å². The van der Waals surface area contributed by atoms with E-state index < -0.39 is 0 Å². The molecule has 2 aromatic heterocycles. The number of fused-ring (bicyclic) bond motifs is 3. The van der Waals surface area contributed by atoms with Crippen LogP contribution in [-0.2, 0) is 24.2 Å². The number of carbonyl (C=O) groups excluding carboxylic acids is 1. The van der Waals surface area contributed by atoms with Gasteiger partial charge in [0.25, 0.3) is 11.5 Å². The summed E-state index contributed by atoms with van der Waals surface area (Å²) in [7, 11) is 0. The molecule has 3 heterocycles. The molecule has 0 unspecified atom stereocenters. The summed E-state index contributed by atoms with van der Waals surface area (Å²) in [4.78, 5) is 39.0. The molecule has 1 aromatic carbocycles. The van der Waals surface area contributed by atoms with Gasteiger partial charge in [0.2, 0.25) is 0 Å². The Bertz CT molecular complexity index is 1180. The first kappa shape index (κ1) is 21.1. The second-order valence-electron chi connectivity index (χ2n) is 8.30. The fourth-order valence-electron chi connectivity index (χ4n) is 4.42. The molecular formula is C23H25FN4O3S. The SMILES string of the molecule is O=C(COc1ccc(F)cc1)N1CCN(Cc2nc3sc4c(c3c(=O)[nH]2)CCCC4)CC1. The van der Waals surface area contributed by atoms with Crippen LogP contribution < -0.4 is 10.3 Å². The molecule has 0 radical (unpaired) electrons. The molecule has 5 rings (SSSR count). The van der Waals surface area contributed by atoms with Gasteiger partial charge in [0.15, 0.2) is 6.61 Å². The Labute approximate surface area is 188 Å². The molecule has 1 saturated heterocycles. The number of aryl methyl sites for hydroxylation is 2. The largest absolute Gasteiger partial charge is 0.484 e. The Balaban J connectivity index is 1.17. The number of hydrogen-bond acceptors (Lipinski definition) is 6. The maximum Gasteiger partial charge on any atom is 0.260 e. The average Bonchev–Trinajstić information content (AvgIpc) is 3.18. The topological polar surface area (TPSA) is 78.5 Å². The Morgan fingerprint density at radius 1 is 1.12 bits per heavy atom. The zero-order valence-corrected chi connectivity index (χ0v) is 18.5. The van der Waals surface area contributed by atoms with Crippen LogP contribution in [0.15, 0.2) is 29.1 Å². The summed E-state index contributed by atoms with van der Waals surface area (Å²) in [5, 5.41) is 0.782. The van der Waals surface area contributed by atoms with Crippen LogP contribution in [0.1, 0.15) is 29.1 Å². The molecule has 1 N–H and O–H groups in total. The van der Waals surface area contributed by atoms with Gasteiger partial charge < -0.3 is 14.6 Å². The standard InChI is InChI=1S/C23H25FN4O3S/c24-15-5-7-16(8-6-15)31-14-20(29)28-11-9-27(10-12-28)13-19-25-22(30)21-17-3-1-2-4-18(17)32-23(21)26-19/h5-8H,1-4,9-14H2,(H,25,26,30). The minimum Gasteiger partial charge on any atom is -0.484 e. The Kier molecular flexibility index (Phi) is 5.93. The van der Waals surface area contributed by atoms with Gasteiger partial charge in [0.1, 0.15) is 22.2 Å².